The number of ether oxygens (including phenoxy) is 3. The van der Waals surface area contributed by atoms with Crippen molar-refractivity contribution in [3.63, 3.8) is 0 Å². The van der Waals surface area contributed by atoms with E-state index in [1.54, 1.807) is 13.0 Å². The molecule has 0 spiro atoms. The molecule has 0 radical (unpaired) electrons. The number of methoxy groups -OCH3 is 2. The number of carbonyl (C=O) groups excluding carboxylic acids is 3. The lowest BCUT2D eigenvalue weighted by Gasteiger charge is -2.10. The number of carbonyl (C=O) groups is 3. The summed E-state index contributed by atoms with van der Waals surface area (Å²) in [7, 11) is 2.47. The van der Waals surface area contributed by atoms with Crippen LogP contribution in [0, 0.1) is 13.8 Å². The Kier molecular flexibility index (Phi) is 9.25. The molecule has 0 unspecified atom stereocenters. The molecule has 10 nitrogen and oxygen atoms in total. The van der Waals surface area contributed by atoms with Crippen LogP contribution in [0.3, 0.4) is 0 Å². The number of thiophene rings is 1. The maximum atomic E-state index is 12.7. The summed E-state index contributed by atoms with van der Waals surface area (Å²) in [4.78, 5) is 37.3. The van der Waals surface area contributed by atoms with Gasteiger partial charge in [0.1, 0.15) is 22.2 Å². The molecule has 0 fully saturated rings. The van der Waals surface area contributed by atoms with E-state index in [4.69, 9.17) is 14.2 Å². The molecule has 0 bridgehead atoms. The molecule has 190 valence electrons. The zero-order valence-corrected chi connectivity index (χ0v) is 22.0. The number of esters is 2. The number of hydrogen-bond donors (Lipinski definition) is 1. The normalized spacial score (nSPS) is 10.6. The second-order valence-corrected chi connectivity index (χ2v) is 9.40. The molecule has 12 heteroatoms. The van der Waals surface area contributed by atoms with Crippen LogP contribution in [-0.4, -0.2) is 52.6 Å². The molecule has 2 aromatic heterocycles. The Labute approximate surface area is 216 Å². The van der Waals surface area contributed by atoms with E-state index >= 15 is 0 Å². The number of nitrogens with zero attached hydrogens (tertiary/aromatic N) is 3. The number of para-hydroxylation sites is 1. The predicted molar refractivity (Wildman–Crippen MR) is 137 cm³/mol. The molecule has 0 aliphatic rings. The van der Waals surface area contributed by atoms with Crippen molar-refractivity contribution in [3.05, 3.63) is 64.3 Å². The van der Waals surface area contributed by atoms with E-state index in [0.717, 1.165) is 22.6 Å². The van der Waals surface area contributed by atoms with Crippen molar-refractivity contribution in [2.24, 2.45) is 0 Å². The van der Waals surface area contributed by atoms with Crippen LogP contribution in [0.4, 0.5) is 5.00 Å². The van der Waals surface area contributed by atoms with E-state index in [2.05, 4.69) is 22.1 Å². The molecule has 0 atom stereocenters. The van der Waals surface area contributed by atoms with Crippen molar-refractivity contribution in [1.29, 1.82) is 0 Å². The topological polar surface area (TPSA) is 122 Å². The van der Waals surface area contributed by atoms with Gasteiger partial charge in [0.05, 0.1) is 25.5 Å². The minimum atomic E-state index is -0.661. The minimum absolute atomic E-state index is 0.0148. The van der Waals surface area contributed by atoms with Crippen LogP contribution in [-0.2, 0) is 27.4 Å². The third kappa shape index (κ3) is 6.13. The molecule has 0 aliphatic heterocycles. The highest BCUT2D eigenvalue weighted by Gasteiger charge is 2.27. The van der Waals surface area contributed by atoms with E-state index in [0.29, 0.717) is 23.1 Å². The number of amides is 1. The standard InChI is InChI=1S/C24H26N4O6S2/c1-6-11-28-17(12-34-16-10-8-7-9-14(16)2)26-27-24(28)35-13-18(29)25-21-19(22(30)32-4)15(3)20(36-21)23(31)33-5/h6-10H,1,11-13H2,2-5H3,(H,25,29). The monoisotopic (exact) mass is 530 g/mol. The molecular formula is C24H26N4O6S2. The van der Waals surface area contributed by atoms with E-state index in [9.17, 15) is 14.4 Å². The third-order valence-corrected chi connectivity index (χ3v) is 7.20. The average Bonchev–Trinajstić information content (AvgIpc) is 3.41. The zero-order chi connectivity index (χ0) is 26.2. The Balaban J connectivity index is 1.71. The molecule has 3 aromatic rings. The quantitative estimate of drug-likeness (QED) is 0.222. The second-order valence-electron chi connectivity index (χ2n) is 7.43. The molecule has 0 saturated carbocycles. The Bertz CT molecular complexity index is 1280. The molecule has 3 rings (SSSR count). The number of allylic oxidation sites excluding steroid dienone is 1. The maximum absolute atomic E-state index is 12.7. The van der Waals surface area contributed by atoms with Gasteiger partial charge in [0.25, 0.3) is 0 Å². The van der Waals surface area contributed by atoms with Gasteiger partial charge >= 0.3 is 11.9 Å². The van der Waals surface area contributed by atoms with Gasteiger partial charge < -0.3 is 19.5 Å². The van der Waals surface area contributed by atoms with Gasteiger partial charge in [-0.15, -0.1) is 28.1 Å². The summed E-state index contributed by atoms with van der Waals surface area (Å²) >= 11 is 2.13. The van der Waals surface area contributed by atoms with Crippen molar-refractivity contribution in [2.75, 3.05) is 25.3 Å². The first-order chi connectivity index (χ1) is 17.3. The number of nitrogens with one attached hydrogen (secondary N) is 1. The lowest BCUT2D eigenvalue weighted by Crippen LogP contribution is -2.16. The maximum Gasteiger partial charge on any atom is 0.348 e. The van der Waals surface area contributed by atoms with E-state index in [1.807, 2.05) is 35.8 Å². The number of thioether (sulfide) groups is 1. The summed E-state index contributed by atoms with van der Waals surface area (Å²) in [6, 6.07) is 7.66. The number of rotatable bonds is 11. The fourth-order valence-corrected chi connectivity index (χ4v) is 5.13. The fraction of sp³-hybridized carbons (Fsp3) is 0.292. The van der Waals surface area contributed by atoms with Crippen LogP contribution in [0.15, 0.2) is 42.1 Å². The van der Waals surface area contributed by atoms with Gasteiger partial charge in [-0.3, -0.25) is 9.36 Å². The average molecular weight is 531 g/mol. The van der Waals surface area contributed by atoms with Gasteiger partial charge in [0.2, 0.25) is 5.91 Å². The summed E-state index contributed by atoms with van der Waals surface area (Å²) in [5.74, 6) is -0.335. The number of benzene rings is 1. The van der Waals surface area contributed by atoms with Crippen molar-refractivity contribution < 1.29 is 28.6 Å². The lowest BCUT2D eigenvalue weighted by molar-refractivity contribution is -0.113. The number of aromatic nitrogens is 3. The van der Waals surface area contributed by atoms with Crippen LogP contribution in [0.2, 0.25) is 0 Å². The number of hydrogen-bond acceptors (Lipinski definition) is 10. The summed E-state index contributed by atoms with van der Waals surface area (Å²) in [5.41, 5.74) is 1.50. The molecule has 36 heavy (non-hydrogen) atoms. The Morgan fingerprint density at radius 3 is 2.53 bits per heavy atom. The summed E-state index contributed by atoms with van der Waals surface area (Å²) in [5, 5.41) is 11.8. The van der Waals surface area contributed by atoms with E-state index in [1.165, 1.54) is 26.0 Å². The smallest absolute Gasteiger partial charge is 0.348 e. The van der Waals surface area contributed by atoms with Crippen molar-refractivity contribution in [2.45, 2.75) is 32.2 Å². The van der Waals surface area contributed by atoms with Crippen LogP contribution in [0.25, 0.3) is 0 Å². The Morgan fingerprint density at radius 2 is 1.86 bits per heavy atom. The molecular weight excluding hydrogens is 504 g/mol. The van der Waals surface area contributed by atoms with Crippen LogP contribution in [0.1, 0.15) is 37.0 Å². The summed E-state index contributed by atoms with van der Waals surface area (Å²) < 4.78 is 17.3. The predicted octanol–water partition coefficient (Wildman–Crippen LogP) is 4.03. The first-order valence-electron chi connectivity index (χ1n) is 10.7. The van der Waals surface area contributed by atoms with Crippen LogP contribution < -0.4 is 10.1 Å². The van der Waals surface area contributed by atoms with Crippen molar-refractivity contribution in [3.8, 4) is 5.75 Å². The highest BCUT2D eigenvalue weighted by atomic mass is 32.2. The fourth-order valence-electron chi connectivity index (χ4n) is 3.24. The largest absolute Gasteiger partial charge is 0.485 e. The lowest BCUT2D eigenvalue weighted by atomic mass is 10.1. The molecule has 0 aliphatic carbocycles. The second kappa shape index (κ2) is 12.4. The first kappa shape index (κ1) is 27.0. The van der Waals surface area contributed by atoms with Gasteiger partial charge in [0.15, 0.2) is 11.0 Å². The SMILES string of the molecule is C=CCn1c(COc2ccccc2C)nnc1SCC(=O)Nc1sc(C(=O)OC)c(C)c1C(=O)OC. The molecule has 2 heterocycles. The van der Waals surface area contributed by atoms with Crippen molar-refractivity contribution >= 4 is 45.9 Å². The van der Waals surface area contributed by atoms with Gasteiger partial charge in [-0.2, -0.15) is 0 Å². The van der Waals surface area contributed by atoms with E-state index < -0.39 is 17.8 Å². The summed E-state index contributed by atoms with van der Waals surface area (Å²) in [6.45, 7) is 7.97. The molecule has 1 aromatic carbocycles. The Hall–Kier alpha value is -3.64. The third-order valence-electron chi connectivity index (χ3n) is 5.05. The highest BCUT2D eigenvalue weighted by Crippen LogP contribution is 2.34. The van der Waals surface area contributed by atoms with Crippen LogP contribution >= 0.6 is 23.1 Å². The van der Waals surface area contributed by atoms with Gasteiger partial charge in [0, 0.05) is 6.54 Å². The van der Waals surface area contributed by atoms with E-state index in [-0.39, 0.29) is 27.8 Å². The zero-order valence-electron chi connectivity index (χ0n) is 20.3. The van der Waals surface area contributed by atoms with Crippen molar-refractivity contribution in [1.82, 2.24) is 14.8 Å². The Morgan fingerprint density at radius 1 is 1.14 bits per heavy atom. The highest BCUT2D eigenvalue weighted by molar-refractivity contribution is 7.99. The molecule has 1 amide bonds. The minimum Gasteiger partial charge on any atom is -0.485 e. The van der Waals surface area contributed by atoms with Gasteiger partial charge in [-0.1, -0.05) is 36.0 Å². The van der Waals surface area contributed by atoms with Crippen LogP contribution in [0.5, 0.6) is 5.75 Å². The number of aryl methyl sites for hydroxylation is 1. The molecule has 1 N–H and O–H groups in total. The first-order valence-corrected chi connectivity index (χ1v) is 12.5. The summed E-state index contributed by atoms with van der Waals surface area (Å²) in [6.07, 6.45) is 1.70. The molecule has 0 saturated heterocycles. The number of anilines is 1. The van der Waals surface area contributed by atoms with Gasteiger partial charge in [-0.05, 0) is 31.0 Å². The van der Waals surface area contributed by atoms with Gasteiger partial charge in [-0.25, -0.2) is 9.59 Å².